The molecular weight excluding hydrogens is 218 g/mol. The number of hydrogen-bond donors (Lipinski definition) is 2. The Bertz CT molecular complexity index is 336. The van der Waals surface area contributed by atoms with Crippen LogP contribution in [0.4, 0.5) is 5.82 Å². The standard InChI is InChI=1S/C11H21N5O/c1-3-4-5-6-7-8-11(17)14-13-10-9-12-15-16(10)2/h9,13H,3-8H2,1-2H3,(H,14,17). The molecule has 0 aliphatic rings. The second-order valence-electron chi connectivity index (χ2n) is 4.08. The molecule has 0 saturated heterocycles. The van der Waals surface area contributed by atoms with Gasteiger partial charge in [-0.1, -0.05) is 37.8 Å². The van der Waals surface area contributed by atoms with E-state index < -0.39 is 0 Å². The summed E-state index contributed by atoms with van der Waals surface area (Å²) in [6, 6.07) is 0. The van der Waals surface area contributed by atoms with E-state index >= 15 is 0 Å². The van der Waals surface area contributed by atoms with Gasteiger partial charge in [0, 0.05) is 13.5 Å². The van der Waals surface area contributed by atoms with Gasteiger partial charge in [-0.25, -0.2) is 4.68 Å². The second-order valence-corrected chi connectivity index (χ2v) is 4.08. The third-order valence-corrected chi connectivity index (χ3v) is 2.55. The molecule has 0 unspecified atom stereocenters. The van der Waals surface area contributed by atoms with Crippen LogP contribution in [-0.2, 0) is 11.8 Å². The summed E-state index contributed by atoms with van der Waals surface area (Å²) in [7, 11) is 1.76. The fourth-order valence-electron chi connectivity index (χ4n) is 1.49. The molecule has 96 valence electrons. The number of carbonyl (C=O) groups excluding carboxylic acids is 1. The zero-order valence-corrected chi connectivity index (χ0v) is 10.6. The predicted molar refractivity (Wildman–Crippen MR) is 66.1 cm³/mol. The fraction of sp³-hybridized carbons (Fsp3) is 0.727. The molecule has 0 bridgehead atoms. The van der Waals surface area contributed by atoms with Gasteiger partial charge in [-0.15, -0.1) is 5.10 Å². The maximum Gasteiger partial charge on any atom is 0.238 e. The molecule has 1 rings (SSSR count). The Morgan fingerprint density at radius 3 is 2.76 bits per heavy atom. The summed E-state index contributed by atoms with van der Waals surface area (Å²) in [6.07, 6.45) is 7.86. The lowest BCUT2D eigenvalue weighted by Gasteiger charge is -2.07. The Labute approximate surface area is 102 Å². The first-order chi connectivity index (χ1) is 8.24. The molecule has 17 heavy (non-hydrogen) atoms. The molecule has 0 aliphatic heterocycles. The summed E-state index contributed by atoms with van der Waals surface area (Å²) >= 11 is 0. The summed E-state index contributed by atoms with van der Waals surface area (Å²) in [5.74, 6) is 0.673. The zero-order valence-electron chi connectivity index (χ0n) is 10.6. The number of unbranched alkanes of at least 4 members (excludes halogenated alkanes) is 4. The van der Waals surface area contributed by atoms with Gasteiger partial charge in [0.1, 0.15) is 0 Å². The van der Waals surface area contributed by atoms with Crippen molar-refractivity contribution < 1.29 is 4.79 Å². The predicted octanol–water partition coefficient (Wildman–Crippen LogP) is 1.62. The molecule has 6 heteroatoms. The number of hydrazine groups is 1. The van der Waals surface area contributed by atoms with Gasteiger partial charge in [-0.2, -0.15) is 0 Å². The largest absolute Gasteiger partial charge is 0.281 e. The van der Waals surface area contributed by atoms with E-state index in [9.17, 15) is 4.79 Å². The van der Waals surface area contributed by atoms with Crippen LogP contribution in [0.5, 0.6) is 0 Å². The molecule has 0 atom stereocenters. The van der Waals surface area contributed by atoms with Gasteiger partial charge >= 0.3 is 0 Å². The number of nitrogens with zero attached hydrogens (tertiary/aromatic N) is 3. The van der Waals surface area contributed by atoms with Crippen molar-refractivity contribution in [1.82, 2.24) is 20.4 Å². The molecule has 1 aromatic rings. The maximum atomic E-state index is 11.5. The van der Waals surface area contributed by atoms with Crippen LogP contribution in [0, 0.1) is 0 Å². The van der Waals surface area contributed by atoms with Crippen LogP contribution < -0.4 is 10.9 Å². The maximum absolute atomic E-state index is 11.5. The van der Waals surface area contributed by atoms with Gasteiger partial charge in [0.25, 0.3) is 0 Å². The van der Waals surface area contributed by atoms with Crippen molar-refractivity contribution in [3.05, 3.63) is 6.20 Å². The molecule has 0 aromatic carbocycles. The number of carbonyl (C=O) groups is 1. The average Bonchev–Trinajstić information content (AvgIpc) is 2.72. The molecule has 1 heterocycles. The Balaban J connectivity index is 2.07. The van der Waals surface area contributed by atoms with Crippen molar-refractivity contribution in [2.24, 2.45) is 7.05 Å². The first kappa shape index (κ1) is 13.5. The lowest BCUT2D eigenvalue weighted by molar-refractivity contribution is -0.120. The number of hydrogen-bond acceptors (Lipinski definition) is 4. The second kappa shape index (κ2) is 7.65. The molecule has 0 radical (unpaired) electrons. The minimum Gasteiger partial charge on any atom is -0.281 e. The molecular formula is C11H21N5O. The normalized spacial score (nSPS) is 10.2. The third-order valence-electron chi connectivity index (χ3n) is 2.55. The minimum absolute atomic E-state index is 0.00250. The fourth-order valence-corrected chi connectivity index (χ4v) is 1.49. The third kappa shape index (κ3) is 5.33. The van der Waals surface area contributed by atoms with Gasteiger partial charge in [0.05, 0.1) is 6.20 Å². The van der Waals surface area contributed by atoms with Crippen LogP contribution in [0.1, 0.15) is 45.4 Å². The topological polar surface area (TPSA) is 71.8 Å². The summed E-state index contributed by atoms with van der Waals surface area (Å²) < 4.78 is 1.56. The van der Waals surface area contributed by atoms with E-state index in [0.717, 1.165) is 12.8 Å². The van der Waals surface area contributed by atoms with Crippen molar-refractivity contribution in [3.8, 4) is 0 Å². The van der Waals surface area contributed by atoms with Crippen molar-refractivity contribution in [3.63, 3.8) is 0 Å². The van der Waals surface area contributed by atoms with Gasteiger partial charge in [-0.05, 0) is 6.42 Å². The summed E-state index contributed by atoms with van der Waals surface area (Å²) in [4.78, 5) is 11.5. The molecule has 1 aromatic heterocycles. The first-order valence-electron chi connectivity index (χ1n) is 6.13. The molecule has 6 nitrogen and oxygen atoms in total. The van der Waals surface area contributed by atoms with Crippen molar-refractivity contribution >= 4 is 11.7 Å². The Morgan fingerprint density at radius 1 is 1.35 bits per heavy atom. The van der Waals surface area contributed by atoms with E-state index in [1.807, 2.05) is 0 Å². The van der Waals surface area contributed by atoms with Gasteiger partial charge in [-0.3, -0.25) is 15.6 Å². The molecule has 0 saturated carbocycles. The highest BCUT2D eigenvalue weighted by Gasteiger charge is 2.02. The summed E-state index contributed by atoms with van der Waals surface area (Å²) in [6.45, 7) is 2.18. The number of anilines is 1. The SMILES string of the molecule is CCCCCCCC(=O)NNc1cnnn1C. The molecule has 0 spiro atoms. The number of rotatable bonds is 8. The lowest BCUT2D eigenvalue weighted by atomic mass is 10.1. The van der Waals surface area contributed by atoms with Crippen molar-refractivity contribution in [2.75, 3.05) is 5.43 Å². The highest BCUT2D eigenvalue weighted by molar-refractivity contribution is 5.76. The highest BCUT2D eigenvalue weighted by Crippen LogP contribution is 2.05. The van der Waals surface area contributed by atoms with Gasteiger partial charge < -0.3 is 0 Å². The van der Waals surface area contributed by atoms with Crippen LogP contribution in [0.3, 0.4) is 0 Å². The quantitative estimate of drug-likeness (QED) is 0.534. The Hall–Kier alpha value is -1.59. The Kier molecular flexibility index (Phi) is 6.06. The lowest BCUT2D eigenvalue weighted by Crippen LogP contribution is -2.30. The van der Waals surface area contributed by atoms with Gasteiger partial charge in [0.2, 0.25) is 5.91 Å². The van der Waals surface area contributed by atoms with Crippen molar-refractivity contribution in [1.29, 1.82) is 0 Å². The molecule has 0 fully saturated rings. The minimum atomic E-state index is 0.00250. The smallest absolute Gasteiger partial charge is 0.238 e. The number of aromatic nitrogens is 3. The first-order valence-corrected chi connectivity index (χ1v) is 6.13. The summed E-state index contributed by atoms with van der Waals surface area (Å²) in [5.41, 5.74) is 5.41. The number of amides is 1. The zero-order chi connectivity index (χ0) is 12.5. The molecule has 2 N–H and O–H groups in total. The van der Waals surface area contributed by atoms with Crippen LogP contribution in [0.2, 0.25) is 0 Å². The molecule has 1 amide bonds. The van der Waals surface area contributed by atoms with Crippen LogP contribution >= 0.6 is 0 Å². The van der Waals surface area contributed by atoms with E-state index in [0.29, 0.717) is 12.2 Å². The number of aryl methyl sites for hydroxylation is 1. The Morgan fingerprint density at radius 2 is 2.12 bits per heavy atom. The van der Waals surface area contributed by atoms with Crippen LogP contribution in [-0.4, -0.2) is 20.9 Å². The van der Waals surface area contributed by atoms with E-state index in [-0.39, 0.29) is 5.91 Å². The average molecular weight is 239 g/mol. The van der Waals surface area contributed by atoms with Crippen molar-refractivity contribution in [2.45, 2.75) is 45.4 Å². The van der Waals surface area contributed by atoms with E-state index in [4.69, 9.17) is 0 Å². The van der Waals surface area contributed by atoms with E-state index in [1.54, 1.807) is 17.9 Å². The van der Waals surface area contributed by atoms with E-state index in [1.165, 1.54) is 19.3 Å². The van der Waals surface area contributed by atoms with Crippen LogP contribution in [0.15, 0.2) is 6.20 Å². The van der Waals surface area contributed by atoms with E-state index in [2.05, 4.69) is 28.1 Å². The highest BCUT2D eigenvalue weighted by atomic mass is 16.2. The van der Waals surface area contributed by atoms with Crippen LogP contribution in [0.25, 0.3) is 0 Å². The monoisotopic (exact) mass is 239 g/mol. The summed E-state index contributed by atoms with van der Waals surface area (Å²) in [5, 5.41) is 7.44. The number of nitrogens with one attached hydrogen (secondary N) is 2. The van der Waals surface area contributed by atoms with Gasteiger partial charge in [0.15, 0.2) is 5.82 Å². The molecule has 0 aliphatic carbocycles.